The molecule has 1 N–H and O–H groups in total. The van der Waals surface area contributed by atoms with Gasteiger partial charge in [0.05, 0.1) is 61.0 Å². The summed E-state index contributed by atoms with van der Waals surface area (Å²) in [6.45, 7) is 8.18. The Hall–Kier alpha value is -4.99. The number of ether oxygens (including phenoxy) is 4. The van der Waals surface area contributed by atoms with Crippen molar-refractivity contribution >= 4 is 44.5 Å². The van der Waals surface area contributed by atoms with E-state index in [1.54, 1.807) is 19.3 Å². The minimum absolute atomic E-state index is 0.00616. The Labute approximate surface area is 356 Å². The van der Waals surface area contributed by atoms with Crippen molar-refractivity contribution in [3.05, 3.63) is 54.8 Å². The highest BCUT2D eigenvalue weighted by Gasteiger charge is 2.61. The second-order valence-electron chi connectivity index (χ2n) is 18.4. The van der Waals surface area contributed by atoms with E-state index in [0.717, 1.165) is 44.1 Å². The summed E-state index contributed by atoms with van der Waals surface area (Å²) in [4.78, 5) is 67.6. The molecule has 4 bridgehead atoms. The van der Waals surface area contributed by atoms with E-state index in [1.807, 2.05) is 12.1 Å². The first-order chi connectivity index (χ1) is 29.2. The summed E-state index contributed by atoms with van der Waals surface area (Å²) in [7, 11) is -2.28. The van der Waals surface area contributed by atoms with Gasteiger partial charge in [0.2, 0.25) is 33.6 Å². The summed E-state index contributed by atoms with van der Waals surface area (Å²) in [5.74, 6) is -1.46. The summed E-state index contributed by atoms with van der Waals surface area (Å²) in [6, 6.07) is 4.49. The van der Waals surface area contributed by atoms with E-state index in [4.69, 9.17) is 28.3 Å². The fourth-order valence-corrected chi connectivity index (χ4v) is 10.9. The van der Waals surface area contributed by atoms with Crippen LogP contribution in [0.15, 0.2) is 47.7 Å². The number of nitrogens with one attached hydrogen (secondary N) is 1. The molecule has 3 aliphatic carbocycles. The molecule has 5 atom stereocenters. The number of allylic oxidation sites excluding steroid dienone is 1. The average Bonchev–Trinajstić information content (AvgIpc) is 3.97. The number of Topliss-reactive ketones (excluding diaryl/α,β-unsaturated/α-hetero) is 1. The van der Waals surface area contributed by atoms with Crippen LogP contribution in [0.25, 0.3) is 10.9 Å². The molecule has 4 heterocycles. The molecule has 8 rings (SSSR count). The Kier molecular flexibility index (Phi) is 11.9. The number of nitrogens with zero attached hydrogens (tertiary/aromatic N) is 3. The van der Waals surface area contributed by atoms with Gasteiger partial charge in [0, 0.05) is 30.4 Å². The molecule has 0 radical (unpaired) electrons. The lowest BCUT2D eigenvalue weighted by atomic mass is 9.85. The molecule has 1 saturated heterocycles. The predicted octanol–water partition coefficient (Wildman–Crippen LogP) is 6.02. The van der Waals surface area contributed by atoms with Gasteiger partial charge in [-0.25, -0.2) is 18.4 Å². The quantitative estimate of drug-likeness (QED) is 0.164. The van der Waals surface area contributed by atoms with Crippen molar-refractivity contribution in [2.24, 2.45) is 28.6 Å². The molecular formula is C45H56N4O11S. The number of esters is 1. The number of aryl methyl sites for hydroxylation is 1. The molecule has 1 aromatic carbocycles. The van der Waals surface area contributed by atoms with Crippen molar-refractivity contribution in [2.45, 2.75) is 121 Å². The molecule has 2 amide bonds. The fourth-order valence-electron chi connectivity index (χ4n) is 9.55. The molecule has 0 unspecified atom stereocenters. The summed E-state index contributed by atoms with van der Waals surface area (Å²) in [6.07, 6.45) is 10.3. The number of oxazole rings is 1. The molecular weight excluding hydrogens is 805 g/mol. The number of methoxy groups -OCH3 is 1. The van der Waals surface area contributed by atoms with E-state index in [1.165, 1.54) is 17.4 Å². The third-order valence-corrected chi connectivity index (χ3v) is 15.2. The number of fused-ring (bicyclic) bond motifs is 3. The Balaban J connectivity index is 1.16. The van der Waals surface area contributed by atoms with Crippen molar-refractivity contribution in [1.29, 1.82) is 0 Å². The number of cyclic esters (lactones) is 1. The molecule has 16 heteroatoms. The molecule has 2 aromatic heterocycles. The van der Waals surface area contributed by atoms with Gasteiger partial charge in [-0.2, -0.15) is 0 Å². The standard InChI is InChI=1S/C45H56N4O11S/c1-5-29-22-45(29,43(53)48-61(54,55)31-12-13-31)23-36(50)35-18-30-24-49(35)42(52)32(27-9-6-7-10-27)19-41(51)59-26-44(2,3)14-8-11-28-17-33-34(20-37(28)56-4)47-39(21-38(33)60-30)58-25-40-46-15-16-57-40/h5,15-17,20-21,27,29-32,35H,1,6-14,18-19,22-26H2,2-4H3,(H,48,53)/t29-,30-,32+,35+,45-/m1/s1. The van der Waals surface area contributed by atoms with E-state index in [2.05, 4.69) is 30.1 Å². The molecule has 2 aliphatic heterocycles. The Bertz CT molecular complexity index is 2290. The van der Waals surface area contributed by atoms with Gasteiger partial charge in [-0.1, -0.05) is 32.8 Å². The normalized spacial score (nSPS) is 27.2. The molecule has 0 spiro atoms. The first kappa shape index (κ1) is 42.7. The van der Waals surface area contributed by atoms with Crippen LogP contribution in [-0.4, -0.2) is 84.5 Å². The topological polar surface area (TPSA) is 194 Å². The number of hydrogen-bond donors (Lipinski definition) is 1. The van der Waals surface area contributed by atoms with Crippen molar-refractivity contribution in [3.63, 3.8) is 0 Å². The van der Waals surface area contributed by atoms with Crippen LogP contribution in [0.4, 0.5) is 0 Å². The predicted molar refractivity (Wildman–Crippen MR) is 222 cm³/mol. The molecule has 15 nitrogen and oxygen atoms in total. The number of carbonyl (C=O) groups excluding carboxylic acids is 4. The van der Waals surface area contributed by atoms with Crippen LogP contribution in [0.2, 0.25) is 0 Å². The zero-order valence-corrected chi connectivity index (χ0v) is 36.0. The maximum atomic E-state index is 15.0. The van der Waals surface area contributed by atoms with Crippen LogP contribution in [0.1, 0.15) is 102 Å². The van der Waals surface area contributed by atoms with Crippen molar-refractivity contribution in [1.82, 2.24) is 19.6 Å². The van der Waals surface area contributed by atoms with Gasteiger partial charge >= 0.3 is 5.97 Å². The first-order valence-electron chi connectivity index (χ1n) is 21.6. The fraction of sp³-hybridized carbons (Fsp3) is 0.600. The monoisotopic (exact) mass is 860 g/mol. The number of amides is 2. The highest BCUT2D eigenvalue weighted by atomic mass is 32.2. The van der Waals surface area contributed by atoms with E-state index >= 15 is 4.79 Å². The van der Waals surface area contributed by atoms with Gasteiger partial charge in [-0.3, -0.25) is 23.9 Å². The molecule has 3 saturated carbocycles. The van der Waals surface area contributed by atoms with Crippen LogP contribution < -0.4 is 18.9 Å². The highest BCUT2D eigenvalue weighted by molar-refractivity contribution is 7.90. The molecule has 61 heavy (non-hydrogen) atoms. The van der Waals surface area contributed by atoms with Gasteiger partial charge in [-0.05, 0) is 80.2 Å². The Morgan fingerprint density at radius 2 is 1.89 bits per heavy atom. The van der Waals surface area contributed by atoms with Crippen LogP contribution in [-0.2, 0) is 47.0 Å². The van der Waals surface area contributed by atoms with E-state index in [-0.39, 0.29) is 74.3 Å². The lowest BCUT2D eigenvalue weighted by molar-refractivity contribution is -0.153. The van der Waals surface area contributed by atoms with Gasteiger partial charge in [0.15, 0.2) is 12.4 Å². The van der Waals surface area contributed by atoms with Crippen LogP contribution in [0.5, 0.6) is 17.4 Å². The lowest BCUT2D eigenvalue weighted by Crippen LogP contribution is -2.47. The van der Waals surface area contributed by atoms with Crippen LogP contribution >= 0.6 is 0 Å². The van der Waals surface area contributed by atoms with Gasteiger partial charge in [0.25, 0.3) is 0 Å². The number of benzene rings is 1. The molecule has 5 aliphatic rings. The maximum Gasteiger partial charge on any atom is 0.306 e. The zero-order valence-electron chi connectivity index (χ0n) is 35.2. The Morgan fingerprint density at radius 3 is 2.57 bits per heavy atom. The minimum Gasteiger partial charge on any atom is -0.496 e. The van der Waals surface area contributed by atoms with Crippen LogP contribution in [0.3, 0.4) is 0 Å². The molecule has 3 aromatic rings. The molecule has 4 fully saturated rings. The number of aromatic nitrogens is 2. The number of rotatable bonds is 12. The number of pyridine rings is 1. The van der Waals surface area contributed by atoms with Crippen LogP contribution in [0, 0.1) is 28.6 Å². The van der Waals surface area contributed by atoms with E-state index in [9.17, 15) is 22.8 Å². The number of sulfonamides is 1. The summed E-state index contributed by atoms with van der Waals surface area (Å²) >= 11 is 0. The third kappa shape index (κ3) is 9.29. The third-order valence-electron chi connectivity index (χ3n) is 13.3. The zero-order chi connectivity index (χ0) is 43.1. The van der Waals surface area contributed by atoms with E-state index in [0.29, 0.717) is 47.6 Å². The summed E-state index contributed by atoms with van der Waals surface area (Å²) in [5.41, 5.74) is -0.197. The second-order valence-corrected chi connectivity index (χ2v) is 20.4. The SMILES string of the molecule is C=C[C@@H]1C[C@]1(CC(=O)[C@@H]1C[C@@H]2CN1C(=O)[C@H](C1CCCC1)CC(=O)OCC(C)(C)CCCc1cc3c(cc(OCc4ncco4)nc3cc1OC)O2)C(=O)NS(=O)(=O)C1CC1. The van der Waals surface area contributed by atoms with Crippen molar-refractivity contribution in [3.8, 4) is 17.4 Å². The maximum absolute atomic E-state index is 15.0. The number of hydrogen-bond acceptors (Lipinski definition) is 13. The second kappa shape index (κ2) is 17.1. The van der Waals surface area contributed by atoms with Gasteiger partial charge in [0.1, 0.15) is 23.9 Å². The minimum atomic E-state index is -3.88. The van der Waals surface area contributed by atoms with Gasteiger partial charge < -0.3 is 28.3 Å². The molecule has 328 valence electrons. The lowest BCUT2D eigenvalue weighted by Gasteiger charge is -2.31. The average molecular weight is 861 g/mol. The summed E-state index contributed by atoms with van der Waals surface area (Å²) < 4.78 is 58.0. The van der Waals surface area contributed by atoms with Gasteiger partial charge in [-0.15, -0.1) is 6.58 Å². The highest BCUT2D eigenvalue weighted by Crippen LogP contribution is 2.57. The number of ketones is 1. The largest absolute Gasteiger partial charge is 0.496 e. The number of carbonyl (C=O) groups is 4. The summed E-state index contributed by atoms with van der Waals surface area (Å²) in [5, 5.41) is 0.0631. The van der Waals surface area contributed by atoms with E-state index < -0.39 is 56.5 Å². The van der Waals surface area contributed by atoms with Crippen molar-refractivity contribution in [2.75, 3.05) is 20.3 Å². The van der Waals surface area contributed by atoms with Crippen molar-refractivity contribution < 1.29 is 51.0 Å². The first-order valence-corrected chi connectivity index (χ1v) is 23.1. The Morgan fingerprint density at radius 1 is 1.10 bits per heavy atom. The smallest absolute Gasteiger partial charge is 0.306 e.